The summed E-state index contributed by atoms with van der Waals surface area (Å²) in [5.74, 6) is -1.01. The number of carbonyl (C=O) groups excluding carboxylic acids is 2. The molecule has 3 N–H and O–H groups in total. The molecule has 0 spiro atoms. The fourth-order valence-electron chi connectivity index (χ4n) is 2.20. The highest BCUT2D eigenvalue weighted by molar-refractivity contribution is 5.95. The van der Waals surface area contributed by atoms with Gasteiger partial charge in [-0.3, -0.25) is 19.2 Å². The quantitative estimate of drug-likeness (QED) is 0.334. The molecule has 3 rings (SSSR count). The summed E-state index contributed by atoms with van der Waals surface area (Å²) < 4.78 is 9.94. The first kappa shape index (κ1) is 18.5. The summed E-state index contributed by atoms with van der Waals surface area (Å²) in [4.78, 5) is 27.0. The van der Waals surface area contributed by atoms with Crippen molar-refractivity contribution in [2.45, 2.75) is 6.61 Å². The molecule has 11 nitrogen and oxygen atoms in total. The molecule has 2 amide bonds. The van der Waals surface area contributed by atoms with E-state index >= 15 is 0 Å². The Labute approximate surface area is 158 Å². The number of carbonyl (C=O) groups is 2. The zero-order valence-corrected chi connectivity index (χ0v) is 14.3. The van der Waals surface area contributed by atoms with Gasteiger partial charge in [0.25, 0.3) is 23.2 Å². The lowest BCUT2D eigenvalue weighted by atomic mass is 10.2. The summed E-state index contributed by atoms with van der Waals surface area (Å²) >= 11 is 0. The van der Waals surface area contributed by atoms with E-state index < -0.39 is 17.5 Å². The van der Waals surface area contributed by atoms with E-state index in [1.54, 1.807) is 36.4 Å². The molecule has 0 atom stereocenters. The number of nitrogens with one attached hydrogen (secondary N) is 1. The number of hydrogen-bond donors (Lipinski definition) is 2. The van der Waals surface area contributed by atoms with Crippen LogP contribution in [-0.4, -0.2) is 28.2 Å². The lowest BCUT2D eigenvalue weighted by Gasteiger charge is -2.06. The van der Waals surface area contributed by atoms with Gasteiger partial charge in [-0.1, -0.05) is 12.1 Å². The van der Waals surface area contributed by atoms with E-state index in [0.29, 0.717) is 16.9 Å². The lowest BCUT2D eigenvalue weighted by Crippen LogP contribution is -2.35. The van der Waals surface area contributed by atoms with Crippen molar-refractivity contribution in [2.24, 2.45) is 10.8 Å². The number of benzene rings is 1. The van der Waals surface area contributed by atoms with Gasteiger partial charge in [0.15, 0.2) is 6.61 Å². The molecule has 0 unspecified atom stereocenters. The van der Waals surface area contributed by atoms with Gasteiger partial charge in [0.05, 0.1) is 6.21 Å². The molecule has 0 bridgehead atoms. The molecule has 0 aliphatic heterocycles. The van der Waals surface area contributed by atoms with Crippen LogP contribution < -0.4 is 20.8 Å². The largest absolute Gasteiger partial charge is 0.484 e. The van der Waals surface area contributed by atoms with Crippen molar-refractivity contribution in [3.8, 4) is 5.75 Å². The molecule has 142 valence electrons. The van der Waals surface area contributed by atoms with Crippen LogP contribution in [0.15, 0.2) is 58.5 Å². The summed E-state index contributed by atoms with van der Waals surface area (Å²) in [6, 6.07) is 9.91. The van der Waals surface area contributed by atoms with E-state index in [9.17, 15) is 14.8 Å². The minimum absolute atomic E-state index is 0.0415. The summed E-state index contributed by atoms with van der Waals surface area (Å²) in [5, 5.41) is 18.7. The first-order chi connectivity index (χ1) is 13.6. The smallest absolute Gasteiger partial charge is 0.297 e. The Morgan fingerprint density at radius 1 is 1.29 bits per heavy atom. The average molecular weight is 382 g/mol. The molecule has 0 aliphatic carbocycles. The van der Waals surface area contributed by atoms with Gasteiger partial charge in [-0.15, -0.1) is 0 Å². The highest BCUT2D eigenvalue weighted by Gasteiger charge is 2.25. The van der Waals surface area contributed by atoms with Crippen LogP contribution >= 0.6 is 0 Å². The standard InChI is InChI=1S/C17H14N6O5/c18-16(24)15-13(22-28-23(15)26)10-27-14-4-2-1-3-12(14)9-20-21-17(25)11-5-7-19-8-6-11/h1-9H,10H2,(H2,18,24)(H,21,25)/b20-9+. The second-order valence-electron chi connectivity index (χ2n) is 5.35. The minimum Gasteiger partial charge on any atom is -0.484 e. The summed E-state index contributed by atoms with van der Waals surface area (Å²) in [5.41, 5.74) is 7.98. The molecule has 28 heavy (non-hydrogen) atoms. The van der Waals surface area contributed by atoms with Crippen LogP contribution in [0.1, 0.15) is 32.1 Å². The molecule has 11 heteroatoms. The molecule has 2 aromatic heterocycles. The van der Waals surface area contributed by atoms with E-state index in [4.69, 9.17) is 10.5 Å². The molecular weight excluding hydrogens is 368 g/mol. The van der Waals surface area contributed by atoms with Gasteiger partial charge in [0.1, 0.15) is 5.75 Å². The number of hydrazone groups is 1. The van der Waals surface area contributed by atoms with Crippen molar-refractivity contribution in [1.82, 2.24) is 15.6 Å². The van der Waals surface area contributed by atoms with E-state index in [-0.39, 0.29) is 17.2 Å². The third-order valence-corrected chi connectivity index (χ3v) is 3.51. The van der Waals surface area contributed by atoms with Gasteiger partial charge in [-0.2, -0.15) is 5.10 Å². The maximum Gasteiger partial charge on any atom is 0.297 e. The number of primary amides is 1. The number of hydrogen-bond acceptors (Lipinski definition) is 8. The van der Waals surface area contributed by atoms with Crippen LogP contribution in [-0.2, 0) is 6.61 Å². The van der Waals surface area contributed by atoms with Crippen molar-refractivity contribution in [3.63, 3.8) is 0 Å². The van der Waals surface area contributed by atoms with Crippen LogP contribution in [0.4, 0.5) is 0 Å². The summed E-state index contributed by atoms with van der Waals surface area (Å²) in [6.45, 7) is -0.231. The van der Waals surface area contributed by atoms with E-state index in [0.717, 1.165) is 0 Å². The fourth-order valence-corrected chi connectivity index (χ4v) is 2.20. The van der Waals surface area contributed by atoms with Crippen LogP contribution in [0.3, 0.4) is 0 Å². The highest BCUT2D eigenvalue weighted by Crippen LogP contribution is 2.17. The van der Waals surface area contributed by atoms with Gasteiger partial charge in [-0.25, -0.2) is 5.43 Å². The molecule has 0 aliphatic rings. The van der Waals surface area contributed by atoms with Gasteiger partial charge in [0, 0.05) is 28.7 Å². The number of aromatic nitrogens is 3. The molecule has 0 saturated carbocycles. The first-order valence-electron chi connectivity index (χ1n) is 7.90. The predicted molar refractivity (Wildman–Crippen MR) is 94.1 cm³/mol. The number of para-hydroxylation sites is 1. The van der Waals surface area contributed by atoms with Crippen molar-refractivity contribution < 1.29 is 23.9 Å². The topological polar surface area (TPSA) is 160 Å². The Morgan fingerprint density at radius 2 is 2.04 bits per heavy atom. The van der Waals surface area contributed by atoms with Gasteiger partial charge < -0.3 is 15.7 Å². The van der Waals surface area contributed by atoms with Crippen LogP contribution in [0, 0.1) is 5.21 Å². The lowest BCUT2D eigenvalue weighted by molar-refractivity contribution is -0.803. The second-order valence-corrected chi connectivity index (χ2v) is 5.35. The Morgan fingerprint density at radius 3 is 2.79 bits per heavy atom. The SMILES string of the molecule is NC(=O)c1c(COc2ccccc2/C=N/NC(=O)c2ccncc2)no[n+]1[O-]. The second kappa shape index (κ2) is 8.40. The maximum absolute atomic E-state index is 12.0. The van der Waals surface area contributed by atoms with E-state index in [1.807, 2.05) is 0 Å². The monoisotopic (exact) mass is 382 g/mol. The molecule has 0 radical (unpaired) electrons. The number of rotatable bonds is 7. The number of amides is 2. The van der Waals surface area contributed by atoms with E-state index in [2.05, 4.69) is 25.3 Å². The Kier molecular flexibility index (Phi) is 5.55. The Bertz CT molecular complexity index is 1020. The molecular formula is C17H14N6O5. The highest BCUT2D eigenvalue weighted by atomic mass is 16.8. The van der Waals surface area contributed by atoms with Crippen molar-refractivity contribution in [1.29, 1.82) is 0 Å². The normalized spacial score (nSPS) is 10.7. The zero-order chi connectivity index (χ0) is 19.9. The van der Waals surface area contributed by atoms with Crippen molar-refractivity contribution in [2.75, 3.05) is 0 Å². The summed E-state index contributed by atoms with van der Waals surface area (Å²) in [6.07, 6.45) is 4.38. The van der Waals surface area contributed by atoms with E-state index in [1.165, 1.54) is 18.6 Å². The number of nitrogens with two attached hydrogens (primary N) is 1. The molecule has 3 aromatic rings. The third kappa shape index (κ3) is 4.27. The molecule has 1 aromatic carbocycles. The van der Waals surface area contributed by atoms with Crippen LogP contribution in [0.2, 0.25) is 0 Å². The third-order valence-electron chi connectivity index (χ3n) is 3.51. The average Bonchev–Trinajstić information content (AvgIpc) is 3.08. The van der Waals surface area contributed by atoms with Gasteiger partial charge in [0.2, 0.25) is 0 Å². The van der Waals surface area contributed by atoms with Gasteiger partial charge in [-0.05, 0) is 29.2 Å². The minimum atomic E-state index is -0.983. The van der Waals surface area contributed by atoms with Crippen LogP contribution in [0.25, 0.3) is 0 Å². The number of ether oxygens (including phenoxy) is 1. The van der Waals surface area contributed by atoms with Crippen molar-refractivity contribution in [3.05, 3.63) is 76.5 Å². The molecule has 0 saturated heterocycles. The Hall–Kier alpha value is -4.28. The molecule has 0 fully saturated rings. The predicted octanol–water partition coefficient (Wildman–Crippen LogP) is 0.145. The number of pyridine rings is 1. The zero-order valence-electron chi connectivity index (χ0n) is 14.3. The molecule has 2 heterocycles. The first-order valence-corrected chi connectivity index (χ1v) is 7.90. The van der Waals surface area contributed by atoms with Gasteiger partial charge >= 0.3 is 0 Å². The fraction of sp³-hybridized carbons (Fsp3) is 0.0588. The number of nitrogens with zero attached hydrogens (tertiary/aromatic N) is 4. The summed E-state index contributed by atoms with van der Waals surface area (Å²) in [7, 11) is 0. The Balaban J connectivity index is 1.68. The van der Waals surface area contributed by atoms with Crippen LogP contribution in [0.5, 0.6) is 5.75 Å². The van der Waals surface area contributed by atoms with Crippen molar-refractivity contribution >= 4 is 18.0 Å². The maximum atomic E-state index is 12.0.